The molecule has 354 valence electrons. The van der Waals surface area contributed by atoms with E-state index >= 15 is 0 Å². The van der Waals surface area contributed by atoms with Crippen molar-refractivity contribution in [3.05, 3.63) is 0 Å². The number of unbranched alkanes of at least 4 members (excludes halogenated alkanes) is 26. The lowest BCUT2D eigenvalue weighted by molar-refractivity contribution is -0.870. The van der Waals surface area contributed by atoms with Crippen LogP contribution in [0.3, 0.4) is 0 Å². The van der Waals surface area contributed by atoms with Gasteiger partial charge in [-0.1, -0.05) is 181 Å². The number of esters is 2. The smallest absolute Gasteiger partial charge is 0.462 e. The van der Waals surface area contributed by atoms with Crippen LogP contribution < -0.4 is 0 Å². The number of phosphoric acid groups is 1. The Hall–Kier alpha value is -1.07. The van der Waals surface area contributed by atoms with Crippen LogP contribution in [0, 0.1) is 0 Å². The van der Waals surface area contributed by atoms with Crippen LogP contribution in [0.25, 0.3) is 0 Å². The fourth-order valence-corrected chi connectivity index (χ4v) is 7.23. The van der Waals surface area contributed by atoms with E-state index in [0.717, 1.165) is 49.6 Å². The second kappa shape index (κ2) is 41.0. The first-order valence-corrected chi connectivity index (χ1v) is 25.7. The van der Waals surface area contributed by atoms with Gasteiger partial charge >= 0.3 is 19.8 Å². The van der Waals surface area contributed by atoms with E-state index in [1.165, 1.54) is 141 Å². The van der Waals surface area contributed by atoms with Gasteiger partial charge < -0.3 is 28.4 Å². The number of nitrogens with zero attached hydrogens (tertiary/aromatic N) is 2. The molecule has 0 saturated carbocycles. The number of carbonyl (C=O) groups is 2. The van der Waals surface area contributed by atoms with Crippen LogP contribution in [0.15, 0.2) is 0 Å². The van der Waals surface area contributed by atoms with Crippen LogP contribution >= 0.6 is 7.82 Å². The van der Waals surface area contributed by atoms with Crippen LogP contribution in [0.5, 0.6) is 0 Å². The fraction of sp³-hybridized carbons (Fsp3) is 0.957. The number of ether oxygens (including phenoxy) is 2. The van der Waals surface area contributed by atoms with Gasteiger partial charge in [0.05, 0.1) is 55.5 Å². The lowest BCUT2D eigenvalue weighted by Gasteiger charge is -2.24. The molecule has 0 bridgehead atoms. The Morgan fingerprint density at radius 3 is 1.15 bits per heavy atom. The van der Waals surface area contributed by atoms with Gasteiger partial charge in [0.2, 0.25) is 0 Å². The van der Waals surface area contributed by atoms with Gasteiger partial charge in [0.25, 0.3) is 0 Å². The van der Waals surface area contributed by atoms with Crippen LogP contribution in [0.4, 0.5) is 0 Å². The predicted octanol–water partition coefficient (Wildman–Crippen LogP) is 11.7. The summed E-state index contributed by atoms with van der Waals surface area (Å²) in [5.41, 5.74) is 0. The van der Waals surface area contributed by atoms with E-state index in [9.17, 15) is 19.0 Å². The lowest BCUT2D eigenvalue weighted by atomic mass is 10.0. The number of quaternary nitrogens is 2. The number of carbonyl (C=O) groups excluding carboxylic acids is 2. The molecule has 0 amide bonds. The maximum Gasteiger partial charge on any atom is 0.472 e. The molecule has 12 heteroatoms. The zero-order valence-corrected chi connectivity index (χ0v) is 41.0. The van der Waals surface area contributed by atoms with Crippen molar-refractivity contribution in [3.8, 4) is 0 Å². The highest BCUT2D eigenvalue weighted by Crippen LogP contribution is 2.43. The number of phosphoric ester groups is 1. The lowest BCUT2D eigenvalue weighted by Crippen LogP contribution is -2.37. The SMILES string of the molecule is CCCCCCCCCCCCCCCCCC(=O)OCC(COP(=O)(O)OCC[N+](C)(C)C)OC(=O)CCCCCCCCCCCCCCC.C[N+](C)(C)CCO. The molecule has 59 heavy (non-hydrogen) atoms. The third kappa shape index (κ3) is 51.2. The molecule has 0 aromatic heterocycles. The van der Waals surface area contributed by atoms with Gasteiger partial charge in [-0.2, -0.15) is 0 Å². The van der Waals surface area contributed by atoms with E-state index in [2.05, 4.69) is 35.0 Å². The summed E-state index contributed by atoms with van der Waals surface area (Å²) in [6, 6.07) is 0. The summed E-state index contributed by atoms with van der Waals surface area (Å²) >= 11 is 0. The average Bonchev–Trinajstić information content (AvgIpc) is 3.15. The Morgan fingerprint density at radius 1 is 0.492 bits per heavy atom. The Morgan fingerprint density at radius 2 is 0.831 bits per heavy atom. The van der Waals surface area contributed by atoms with E-state index in [-0.39, 0.29) is 32.2 Å². The topological polar surface area (TPSA) is 129 Å². The minimum atomic E-state index is -4.36. The second-order valence-electron chi connectivity index (χ2n) is 18.8. The molecule has 2 N–H and O–H groups in total. The molecule has 0 aromatic carbocycles. The molecule has 2 unspecified atom stereocenters. The first kappa shape index (κ1) is 60.0. The average molecular weight is 867 g/mol. The number of likely N-dealkylation sites (N-methyl/N-ethyl adjacent to an activating group) is 2. The summed E-state index contributed by atoms with van der Waals surface area (Å²) in [7, 11) is 7.65. The minimum Gasteiger partial charge on any atom is -0.462 e. The van der Waals surface area contributed by atoms with Gasteiger partial charge in [-0.15, -0.1) is 0 Å². The number of hydrogen-bond donors (Lipinski definition) is 2. The van der Waals surface area contributed by atoms with E-state index in [1.54, 1.807) is 0 Å². The number of hydrogen-bond acceptors (Lipinski definition) is 8. The summed E-state index contributed by atoms with van der Waals surface area (Å²) in [6.45, 7) is 5.56. The molecule has 0 fully saturated rings. The molecular weight excluding hydrogens is 767 g/mol. The monoisotopic (exact) mass is 867 g/mol. The standard InChI is InChI=1S/C42H84NO8P.C5H14NO/c1-6-8-10-12-14-16-18-20-21-23-24-26-28-30-32-34-41(44)48-38-40(39-50-52(46,47)49-37-36-43(3,4)5)51-42(45)35-33-31-29-27-25-22-19-17-15-13-11-9-7-2;1-6(2,3)4-5-7/h40H,6-39H2,1-5H3;7H,4-5H2,1-3H3/q;+1/p+1. The number of rotatable bonds is 42. The van der Waals surface area contributed by atoms with E-state index in [0.29, 0.717) is 17.4 Å². The van der Waals surface area contributed by atoms with E-state index in [4.69, 9.17) is 23.6 Å². The third-order valence-electron chi connectivity index (χ3n) is 10.4. The van der Waals surface area contributed by atoms with Crippen molar-refractivity contribution in [2.45, 2.75) is 213 Å². The molecule has 0 aliphatic carbocycles. The Kier molecular flexibility index (Phi) is 41.7. The molecule has 0 heterocycles. The molecule has 0 aliphatic rings. The van der Waals surface area contributed by atoms with Crippen molar-refractivity contribution in [2.24, 2.45) is 0 Å². The van der Waals surface area contributed by atoms with Crippen molar-refractivity contribution in [1.29, 1.82) is 0 Å². The Bertz CT molecular complexity index is 988. The van der Waals surface area contributed by atoms with Crippen molar-refractivity contribution >= 4 is 19.8 Å². The van der Waals surface area contributed by atoms with Crippen LogP contribution in [0.1, 0.15) is 206 Å². The second-order valence-corrected chi connectivity index (χ2v) is 20.3. The van der Waals surface area contributed by atoms with Crippen LogP contribution in [-0.4, -0.2) is 119 Å². The van der Waals surface area contributed by atoms with E-state index < -0.39 is 26.5 Å². The normalized spacial score (nSPS) is 13.4. The first-order chi connectivity index (χ1) is 28.0. The van der Waals surface area contributed by atoms with Gasteiger partial charge in [0.1, 0.15) is 26.3 Å². The fourth-order valence-electron chi connectivity index (χ4n) is 6.49. The highest BCUT2D eigenvalue weighted by molar-refractivity contribution is 7.47. The van der Waals surface area contributed by atoms with Crippen molar-refractivity contribution in [2.75, 3.05) is 81.8 Å². The van der Waals surface area contributed by atoms with Crippen LogP contribution in [-0.2, 0) is 32.7 Å². The first-order valence-electron chi connectivity index (χ1n) is 24.2. The molecule has 0 spiro atoms. The predicted molar refractivity (Wildman–Crippen MR) is 245 cm³/mol. The maximum absolute atomic E-state index is 12.7. The molecule has 11 nitrogen and oxygen atoms in total. The molecule has 0 saturated heterocycles. The minimum absolute atomic E-state index is 0.0367. The zero-order chi connectivity index (χ0) is 44.5. The maximum atomic E-state index is 12.7. The molecular formula is C47H99N2O9P+2. The summed E-state index contributed by atoms with van der Waals surface area (Å²) < 4.78 is 35.1. The summed E-state index contributed by atoms with van der Waals surface area (Å²) in [4.78, 5) is 35.3. The summed E-state index contributed by atoms with van der Waals surface area (Å²) in [5.74, 6) is -0.785. The van der Waals surface area contributed by atoms with Gasteiger partial charge in [-0.05, 0) is 12.8 Å². The number of aliphatic hydroxyl groups excluding tert-OH is 1. The van der Waals surface area contributed by atoms with E-state index in [1.807, 2.05) is 21.1 Å². The Labute approximate surface area is 364 Å². The highest BCUT2D eigenvalue weighted by Gasteiger charge is 2.27. The summed E-state index contributed by atoms with van der Waals surface area (Å²) in [5, 5.41) is 8.39. The van der Waals surface area contributed by atoms with Crippen molar-refractivity contribution < 1.29 is 51.6 Å². The molecule has 0 radical (unpaired) electrons. The van der Waals surface area contributed by atoms with Crippen molar-refractivity contribution in [3.63, 3.8) is 0 Å². The molecule has 0 aliphatic heterocycles. The van der Waals surface area contributed by atoms with Gasteiger partial charge in [0, 0.05) is 12.8 Å². The van der Waals surface area contributed by atoms with Crippen molar-refractivity contribution in [1.82, 2.24) is 0 Å². The quantitative estimate of drug-likeness (QED) is 0.0267. The molecule has 2 atom stereocenters. The molecule has 0 rings (SSSR count). The zero-order valence-electron chi connectivity index (χ0n) is 40.1. The summed E-state index contributed by atoms with van der Waals surface area (Å²) in [6.07, 6.45) is 34.2. The Balaban J connectivity index is 0. The number of aliphatic hydroxyl groups is 1. The largest absolute Gasteiger partial charge is 0.472 e. The molecule has 0 aromatic rings. The highest BCUT2D eigenvalue weighted by atomic mass is 31.2. The van der Waals surface area contributed by atoms with Gasteiger partial charge in [-0.25, -0.2) is 4.57 Å². The van der Waals surface area contributed by atoms with Gasteiger partial charge in [0.15, 0.2) is 6.10 Å². The van der Waals surface area contributed by atoms with Gasteiger partial charge in [-0.3, -0.25) is 18.6 Å². The third-order valence-corrected chi connectivity index (χ3v) is 11.4. The van der Waals surface area contributed by atoms with Crippen LogP contribution in [0.2, 0.25) is 0 Å².